The van der Waals surface area contributed by atoms with E-state index in [0.717, 1.165) is 17.0 Å². The van der Waals surface area contributed by atoms with E-state index in [-0.39, 0.29) is 12.5 Å². The minimum atomic E-state index is -0.239. The molecule has 9 heteroatoms. The van der Waals surface area contributed by atoms with E-state index < -0.39 is 0 Å². The van der Waals surface area contributed by atoms with Crippen LogP contribution in [0.5, 0.6) is 11.5 Å². The third kappa shape index (κ3) is 5.36. The molecule has 0 aliphatic rings. The van der Waals surface area contributed by atoms with Crippen molar-refractivity contribution >= 4 is 23.5 Å². The number of nitrogens with zero attached hydrogens (tertiary/aromatic N) is 2. The molecule has 0 aliphatic carbocycles. The Hall–Kier alpha value is -3.75. The molecule has 2 aromatic carbocycles. The van der Waals surface area contributed by atoms with Gasteiger partial charge < -0.3 is 19.2 Å². The fourth-order valence-electron chi connectivity index (χ4n) is 3.28. The zero-order valence-electron chi connectivity index (χ0n) is 18.2. The molecule has 2 aromatic heterocycles. The molecule has 0 saturated heterocycles. The van der Waals surface area contributed by atoms with E-state index in [9.17, 15) is 4.79 Å². The average molecular weight is 467 g/mol. The zero-order chi connectivity index (χ0) is 23.2. The predicted molar refractivity (Wildman–Crippen MR) is 126 cm³/mol. The van der Waals surface area contributed by atoms with Gasteiger partial charge in [-0.2, -0.15) is 0 Å². The number of imidazole rings is 1. The van der Waals surface area contributed by atoms with Gasteiger partial charge in [0.2, 0.25) is 11.9 Å². The fraction of sp³-hybridized carbons (Fsp3) is 0.167. The number of rotatable bonds is 9. The summed E-state index contributed by atoms with van der Waals surface area (Å²) in [5.41, 5.74) is 2.30. The standard InChI is InChI=1S/C24H23ClN4O4/c1-31-21-10-9-18(12-22(21)32-2)29-15-20(16-5-7-17(25)8-6-16)27-24(29)28-23(30)14-26-13-19-4-3-11-33-19/h3-12,15,26H,13-14H2,1-2H3,(H,27,28,30). The van der Waals surface area contributed by atoms with Gasteiger partial charge in [0.1, 0.15) is 5.76 Å². The topological polar surface area (TPSA) is 90.5 Å². The third-order valence-corrected chi connectivity index (χ3v) is 5.16. The molecular formula is C24H23ClN4O4. The first kappa shape index (κ1) is 22.4. The van der Waals surface area contributed by atoms with Crippen molar-refractivity contribution in [2.45, 2.75) is 6.54 Å². The molecule has 8 nitrogen and oxygen atoms in total. The Morgan fingerprint density at radius 1 is 1.09 bits per heavy atom. The van der Waals surface area contributed by atoms with E-state index in [2.05, 4.69) is 15.6 Å². The van der Waals surface area contributed by atoms with Crippen molar-refractivity contribution in [3.05, 3.63) is 77.8 Å². The molecule has 4 aromatic rings. The first-order chi connectivity index (χ1) is 16.1. The van der Waals surface area contributed by atoms with Gasteiger partial charge in [0, 0.05) is 22.8 Å². The predicted octanol–water partition coefficient (Wildman–Crippen LogP) is 4.53. The highest BCUT2D eigenvalue weighted by molar-refractivity contribution is 6.30. The normalized spacial score (nSPS) is 10.8. The minimum Gasteiger partial charge on any atom is -0.493 e. The molecule has 4 rings (SSSR count). The molecule has 2 heterocycles. The quantitative estimate of drug-likeness (QED) is 0.376. The summed E-state index contributed by atoms with van der Waals surface area (Å²) in [6.45, 7) is 0.538. The van der Waals surface area contributed by atoms with Crippen LogP contribution in [-0.4, -0.2) is 36.2 Å². The van der Waals surface area contributed by atoms with Crippen LogP contribution in [0, 0.1) is 0 Å². The molecule has 0 bridgehead atoms. The Morgan fingerprint density at radius 2 is 1.88 bits per heavy atom. The minimum absolute atomic E-state index is 0.0930. The number of ether oxygens (including phenoxy) is 2. The summed E-state index contributed by atoms with van der Waals surface area (Å²) in [6.07, 6.45) is 3.44. The van der Waals surface area contributed by atoms with Crippen LogP contribution in [0.15, 0.2) is 71.5 Å². The maximum atomic E-state index is 12.6. The van der Waals surface area contributed by atoms with Crippen molar-refractivity contribution in [3.63, 3.8) is 0 Å². The summed E-state index contributed by atoms with van der Waals surface area (Å²) in [4.78, 5) is 17.3. The molecule has 33 heavy (non-hydrogen) atoms. The van der Waals surface area contributed by atoms with Crippen molar-refractivity contribution in [2.24, 2.45) is 0 Å². The van der Waals surface area contributed by atoms with Crippen molar-refractivity contribution in [2.75, 3.05) is 26.1 Å². The highest BCUT2D eigenvalue weighted by atomic mass is 35.5. The number of carbonyl (C=O) groups is 1. The lowest BCUT2D eigenvalue weighted by molar-refractivity contribution is -0.115. The van der Waals surface area contributed by atoms with Crippen molar-refractivity contribution in [1.29, 1.82) is 0 Å². The maximum absolute atomic E-state index is 12.6. The van der Waals surface area contributed by atoms with E-state index in [1.165, 1.54) is 0 Å². The number of nitrogens with one attached hydrogen (secondary N) is 2. The first-order valence-electron chi connectivity index (χ1n) is 10.2. The molecule has 0 fully saturated rings. The van der Waals surface area contributed by atoms with Gasteiger partial charge in [-0.3, -0.25) is 14.7 Å². The Labute approximate surface area is 196 Å². The molecule has 0 saturated carbocycles. The number of carbonyl (C=O) groups excluding carboxylic acids is 1. The van der Waals surface area contributed by atoms with Crippen LogP contribution in [0.4, 0.5) is 5.95 Å². The number of benzene rings is 2. The SMILES string of the molecule is COc1ccc(-n2cc(-c3ccc(Cl)cc3)nc2NC(=O)CNCc2ccco2)cc1OC. The van der Waals surface area contributed by atoms with Gasteiger partial charge in [-0.25, -0.2) is 4.98 Å². The number of hydrogen-bond acceptors (Lipinski definition) is 6. The lowest BCUT2D eigenvalue weighted by atomic mass is 10.2. The van der Waals surface area contributed by atoms with Gasteiger partial charge in [-0.05, 0) is 36.4 Å². The summed E-state index contributed by atoms with van der Waals surface area (Å²) in [6, 6.07) is 16.5. The number of hydrogen-bond donors (Lipinski definition) is 2. The highest BCUT2D eigenvalue weighted by Gasteiger charge is 2.16. The maximum Gasteiger partial charge on any atom is 0.240 e. The summed E-state index contributed by atoms with van der Waals surface area (Å²) in [5.74, 6) is 2.05. The van der Waals surface area contributed by atoms with E-state index in [4.69, 9.17) is 25.5 Å². The van der Waals surface area contributed by atoms with E-state index in [0.29, 0.717) is 34.7 Å². The van der Waals surface area contributed by atoms with Crippen LogP contribution < -0.4 is 20.1 Å². The molecule has 2 N–H and O–H groups in total. The number of amides is 1. The van der Waals surface area contributed by atoms with Crippen LogP contribution in [0.2, 0.25) is 5.02 Å². The molecule has 170 valence electrons. The summed E-state index contributed by atoms with van der Waals surface area (Å²) in [7, 11) is 3.15. The molecule has 1 amide bonds. The van der Waals surface area contributed by atoms with Gasteiger partial charge in [0.25, 0.3) is 0 Å². The van der Waals surface area contributed by atoms with Crippen LogP contribution >= 0.6 is 11.6 Å². The van der Waals surface area contributed by atoms with Gasteiger partial charge >= 0.3 is 0 Å². The summed E-state index contributed by atoms with van der Waals surface area (Å²) < 4.78 is 17.8. The monoisotopic (exact) mass is 466 g/mol. The van der Waals surface area contributed by atoms with Crippen molar-refractivity contribution < 1.29 is 18.7 Å². The van der Waals surface area contributed by atoms with E-state index in [1.54, 1.807) is 49.3 Å². The number of halogens is 1. The molecule has 0 aliphatic heterocycles. The Morgan fingerprint density at radius 3 is 2.58 bits per heavy atom. The molecule has 0 spiro atoms. The van der Waals surface area contributed by atoms with Gasteiger partial charge in [-0.15, -0.1) is 0 Å². The Balaban J connectivity index is 1.61. The highest BCUT2D eigenvalue weighted by Crippen LogP contribution is 2.32. The molecular weight excluding hydrogens is 444 g/mol. The second-order valence-electron chi connectivity index (χ2n) is 7.10. The second-order valence-corrected chi connectivity index (χ2v) is 7.53. The van der Waals surface area contributed by atoms with E-state index >= 15 is 0 Å². The van der Waals surface area contributed by atoms with Crippen LogP contribution in [0.1, 0.15) is 5.76 Å². The first-order valence-corrected chi connectivity index (χ1v) is 10.6. The van der Waals surface area contributed by atoms with Gasteiger partial charge in [0.05, 0.1) is 45.0 Å². The van der Waals surface area contributed by atoms with Crippen LogP contribution in [0.25, 0.3) is 16.9 Å². The summed E-state index contributed by atoms with van der Waals surface area (Å²) >= 11 is 6.03. The Bertz CT molecular complexity index is 1220. The second kappa shape index (κ2) is 10.2. The fourth-order valence-corrected chi connectivity index (χ4v) is 3.41. The smallest absolute Gasteiger partial charge is 0.240 e. The molecule has 0 radical (unpaired) electrons. The molecule has 0 unspecified atom stereocenters. The van der Waals surface area contributed by atoms with Crippen molar-refractivity contribution in [3.8, 4) is 28.4 Å². The third-order valence-electron chi connectivity index (χ3n) is 4.91. The lowest BCUT2D eigenvalue weighted by Gasteiger charge is -2.12. The van der Waals surface area contributed by atoms with Gasteiger partial charge in [0.15, 0.2) is 11.5 Å². The summed E-state index contributed by atoms with van der Waals surface area (Å²) in [5, 5.41) is 6.56. The largest absolute Gasteiger partial charge is 0.493 e. The van der Waals surface area contributed by atoms with Crippen LogP contribution in [-0.2, 0) is 11.3 Å². The molecule has 0 atom stereocenters. The number of anilines is 1. The number of furan rings is 1. The average Bonchev–Trinajstić information content (AvgIpc) is 3.49. The van der Waals surface area contributed by atoms with Crippen LogP contribution in [0.3, 0.4) is 0 Å². The Kier molecular flexibility index (Phi) is 6.97. The zero-order valence-corrected chi connectivity index (χ0v) is 18.9. The van der Waals surface area contributed by atoms with Gasteiger partial charge in [-0.1, -0.05) is 23.7 Å². The van der Waals surface area contributed by atoms with E-state index in [1.807, 2.05) is 36.5 Å². The number of aromatic nitrogens is 2. The lowest BCUT2D eigenvalue weighted by Crippen LogP contribution is -2.28. The van der Waals surface area contributed by atoms with Crippen molar-refractivity contribution in [1.82, 2.24) is 14.9 Å². The number of methoxy groups -OCH3 is 2.